The summed E-state index contributed by atoms with van der Waals surface area (Å²) in [6.45, 7) is 3.83. The quantitative estimate of drug-likeness (QED) is 0.605. The largest absolute Gasteiger partial charge is 0.416 e. The number of aryl methyl sites for hydroxylation is 2. The Morgan fingerprint density at radius 3 is 2.34 bits per heavy atom. The van der Waals surface area contributed by atoms with Gasteiger partial charge in [-0.15, -0.1) is 0 Å². The number of amides is 1. The van der Waals surface area contributed by atoms with Crippen LogP contribution in [0.5, 0.6) is 0 Å². The molecule has 0 unspecified atom stereocenters. The van der Waals surface area contributed by atoms with Crippen LogP contribution in [0.2, 0.25) is 5.02 Å². The third-order valence-corrected chi connectivity index (χ3v) is 4.61. The Balaban J connectivity index is 1.82. The lowest BCUT2D eigenvalue weighted by atomic mass is 10.1. The zero-order valence-corrected chi connectivity index (χ0v) is 16.7. The molecule has 0 aliphatic rings. The van der Waals surface area contributed by atoms with Crippen molar-refractivity contribution in [2.24, 2.45) is 0 Å². The van der Waals surface area contributed by atoms with Crippen molar-refractivity contribution in [3.8, 4) is 5.82 Å². The highest BCUT2D eigenvalue weighted by Gasteiger charge is 2.30. The summed E-state index contributed by atoms with van der Waals surface area (Å²) in [7, 11) is 1.54. The third kappa shape index (κ3) is 4.59. The van der Waals surface area contributed by atoms with Crippen molar-refractivity contribution in [2.45, 2.75) is 26.6 Å². The van der Waals surface area contributed by atoms with Crippen LogP contribution in [0.25, 0.3) is 5.82 Å². The summed E-state index contributed by atoms with van der Waals surface area (Å²) in [5.74, 6) is 0.00422. The molecule has 0 radical (unpaired) electrons. The standard InChI is InChI=1S/C20H18ClF3N4O/c1-12-10-13(2)28(26-12)17-9-8-16(21)18(25-17)19(29)27(3)11-14-4-6-15(7-5-14)20(22,23)24/h4-10H,11H2,1-3H3. The van der Waals surface area contributed by atoms with Crippen LogP contribution in [0.1, 0.15) is 33.0 Å². The highest BCUT2D eigenvalue weighted by atomic mass is 35.5. The van der Waals surface area contributed by atoms with E-state index in [-0.39, 0.29) is 17.3 Å². The van der Waals surface area contributed by atoms with Crippen molar-refractivity contribution < 1.29 is 18.0 Å². The number of alkyl halides is 3. The fourth-order valence-corrected chi connectivity index (χ4v) is 3.07. The van der Waals surface area contributed by atoms with Crippen molar-refractivity contribution in [3.63, 3.8) is 0 Å². The fourth-order valence-electron chi connectivity index (χ4n) is 2.89. The Morgan fingerprint density at radius 2 is 1.79 bits per heavy atom. The van der Waals surface area contributed by atoms with Crippen molar-refractivity contribution in [1.82, 2.24) is 19.7 Å². The van der Waals surface area contributed by atoms with Gasteiger partial charge in [-0.1, -0.05) is 23.7 Å². The van der Waals surface area contributed by atoms with Gasteiger partial charge < -0.3 is 4.90 Å². The monoisotopic (exact) mass is 422 g/mol. The number of halogens is 4. The van der Waals surface area contributed by atoms with Crippen LogP contribution in [0.15, 0.2) is 42.5 Å². The number of rotatable bonds is 4. The fraction of sp³-hybridized carbons (Fsp3) is 0.250. The van der Waals surface area contributed by atoms with Gasteiger partial charge in [-0.25, -0.2) is 9.67 Å². The Labute approximate surface area is 170 Å². The number of benzene rings is 1. The van der Waals surface area contributed by atoms with Gasteiger partial charge >= 0.3 is 6.18 Å². The summed E-state index contributed by atoms with van der Waals surface area (Å²) in [6, 6.07) is 9.77. The second-order valence-corrected chi connectivity index (χ2v) is 7.10. The minimum absolute atomic E-state index is 0.0473. The first-order valence-electron chi connectivity index (χ1n) is 8.68. The van der Waals surface area contributed by atoms with Gasteiger partial charge in [0, 0.05) is 19.3 Å². The lowest BCUT2D eigenvalue weighted by molar-refractivity contribution is -0.137. The third-order valence-electron chi connectivity index (χ3n) is 4.31. The van der Waals surface area contributed by atoms with Crippen molar-refractivity contribution in [2.75, 3.05) is 7.05 Å². The molecule has 0 saturated carbocycles. The molecule has 5 nitrogen and oxygen atoms in total. The number of hydrogen-bond acceptors (Lipinski definition) is 3. The Kier molecular flexibility index (Phi) is 5.66. The molecule has 29 heavy (non-hydrogen) atoms. The molecule has 1 amide bonds. The van der Waals surface area contributed by atoms with Crippen LogP contribution in [0, 0.1) is 13.8 Å². The van der Waals surface area contributed by atoms with Gasteiger partial charge in [-0.3, -0.25) is 4.79 Å². The average Bonchev–Trinajstić information content (AvgIpc) is 2.99. The van der Waals surface area contributed by atoms with E-state index in [1.54, 1.807) is 16.8 Å². The summed E-state index contributed by atoms with van der Waals surface area (Å²) in [4.78, 5) is 18.5. The van der Waals surface area contributed by atoms with E-state index < -0.39 is 17.6 Å². The second-order valence-electron chi connectivity index (χ2n) is 6.69. The first kappa shape index (κ1) is 20.9. The number of hydrogen-bond donors (Lipinski definition) is 0. The molecule has 0 N–H and O–H groups in total. The summed E-state index contributed by atoms with van der Waals surface area (Å²) in [6.07, 6.45) is -4.40. The Bertz CT molecular complexity index is 1040. The Hall–Kier alpha value is -2.87. The van der Waals surface area contributed by atoms with E-state index in [0.717, 1.165) is 23.5 Å². The zero-order valence-electron chi connectivity index (χ0n) is 16.0. The molecule has 0 atom stereocenters. The molecular weight excluding hydrogens is 405 g/mol. The normalized spacial score (nSPS) is 11.6. The van der Waals surface area contributed by atoms with Gasteiger partial charge in [0.05, 0.1) is 16.3 Å². The number of nitrogens with zero attached hydrogens (tertiary/aromatic N) is 4. The highest BCUT2D eigenvalue weighted by molar-refractivity contribution is 6.33. The summed E-state index contributed by atoms with van der Waals surface area (Å²) in [5, 5.41) is 4.53. The molecule has 2 aromatic heterocycles. The average molecular weight is 423 g/mol. The summed E-state index contributed by atoms with van der Waals surface area (Å²) >= 11 is 6.18. The predicted molar refractivity (Wildman–Crippen MR) is 103 cm³/mol. The molecule has 3 rings (SSSR count). The minimum atomic E-state index is -4.40. The number of pyridine rings is 1. The molecule has 2 heterocycles. The first-order valence-corrected chi connectivity index (χ1v) is 9.06. The molecule has 0 aliphatic heterocycles. The van der Waals surface area contributed by atoms with Crippen molar-refractivity contribution >= 4 is 17.5 Å². The van der Waals surface area contributed by atoms with Crippen LogP contribution in [-0.2, 0) is 12.7 Å². The van der Waals surface area contributed by atoms with Gasteiger partial charge in [0.25, 0.3) is 5.91 Å². The summed E-state index contributed by atoms with van der Waals surface area (Å²) in [5.41, 5.74) is 1.53. The molecule has 0 saturated heterocycles. The van der Waals surface area contributed by atoms with Crippen LogP contribution in [0.4, 0.5) is 13.2 Å². The van der Waals surface area contributed by atoms with E-state index in [2.05, 4.69) is 10.1 Å². The Morgan fingerprint density at radius 1 is 1.14 bits per heavy atom. The number of aromatic nitrogens is 3. The van der Waals surface area contributed by atoms with Gasteiger partial charge in [0.1, 0.15) is 5.69 Å². The maximum absolute atomic E-state index is 12.8. The van der Waals surface area contributed by atoms with E-state index in [4.69, 9.17) is 11.6 Å². The topological polar surface area (TPSA) is 51.0 Å². The molecule has 0 aliphatic carbocycles. The molecule has 1 aromatic carbocycles. The van der Waals surface area contributed by atoms with Gasteiger partial charge in [0.15, 0.2) is 5.82 Å². The molecule has 0 spiro atoms. The minimum Gasteiger partial charge on any atom is -0.336 e. The lowest BCUT2D eigenvalue weighted by Crippen LogP contribution is -2.27. The van der Waals surface area contributed by atoms with Crippen molar-refractivity contribution in [3.05, 3.63) is 75.7 Å². The molecule has 0 bridgehead atoms. The smallest absolute Gasteiger partial charge is 0.336 e. The van der Waals surface area contributed by atoms with E-state index >= 15 is 0 Å². The zero-order chi connectivity index (χ0) is 21.3. The molecule has 0 fully saturated rings. The number of carbonyl (C=O) groups is 1. The lowest BCUT2D eigenvalue weighted by Gasteiger charge is -2.18. The molecule has 152 valence electrons. The molecule has 3 aromatic rings. The maximum atomic E-state index is 12.8. The van der Waals surface area contributed by atoms with Crippen LogP contribution in [0.3, 0.4) is 0 Å². The van der Waals surface area contributed by atoms with Crippen molar-refractivity contribution in [1.29, 1.82) is 0 Å². The van der Waals surface area contributed by atoms with E-state index in [1.807, 2.05) is 19.9 Å². The van der Waals surface area contributed by atoms with Gasteiger partial charge in [0.2, 0.25) is 0 Å². The first-order chi connectivity index (χ1) is 13.6. The predicted octanol–water partition coefficient (Wildman–Crippen LogP) is 4.83. The van der Waals surface area contributed by atoms with E-state index in [1.165, 1.54) is 24.1 Å². The maximum Gasteiger partial charge on any atom is 0.416 e. The second kappa shape index (κ2) is 7.87. The van der Waals surface area contributed by atoms with Gasteiger partial charge in [-0.05, 0) is 49.7 Å². The molecular formula is C20H18ClF3N4O. The van der Waals surface area contributed by atoms with Crippen LogP contribution >= 0.6 is 11.6 Å². The number of carbonyl (C=O) groups excluding carboxylic acids is 1. The highest BCUT2D eigenvalue weighted by Crippen LogP contribution is 2.29. The van der Waals surface area contributed by atoms with E-state index in [0.29, 0.717) is 11.4 Å². The van der Waals surface area contributed by atoms with Crippen LogP contribution in [-0.4, -0.2) is 32.6 Å². The van der Waals surface area contributed by atoms with Gasteiger partial charge in [-0.2, -0.15) is 18.3 Å². The summed E-state index contributed by atoms with van der Waals surface area (Å²) < 4.78 is 39.7. The van der Waals surface area contributed by atoms with Crippen LogP contribution < -0.4 is 0 Å². The van der Waals surface area contributed by atoms with E-state index in [9.17, 15) is 18.0 Å². The SMILES string of the molecule is Cc1cc(C)n(-c2ccc(Cl)c(C(=O)N(C)Cc3ccc(C(F)(F)F)cc3)n2)n1. The molecule has 9 heteroatoms.